The molecule has 0 atom stereocenters. The molecule has 0 fully saturated rings. The first-order valence-electron chi connectivity index (χ1n) is 7.49. The van der Waals surface area contributed by atoms with Crippen LogP contribution in [0.3, 0.4) is 0 Å². The third-order valence-electron chi connectivity index (χ3n) is 3.72. The van der Waals surface area contributed by atoms with Crippen LogP contribution in [-0.2, 0) is 9.53 Å². The Morgan fingerprint density at radius 1 is 1.17 bits per heavy atom. The molecule has 122 valence electrons. The number of imidazole rings is 1. The summed E-state index contributed by atoms with van der Waals surface area (Å²) in [6.07, 6.45) is 0. The first-order valence-corrected chi connectivity index (χ1v) is 7.49. The van der Waals surface area contributed by atoms with Crippen molar-refractivity contribution >= 4 is 22.9 Å². The summed E-state index contributed by atoms with van der Waals surface area (Å²) in [7, 11) is 1.28. The Morgan fingerprint density at radius 3 is 2.62 bits per heavy atom. The van der Waals surface area contributed by atoms with E-state index in [0.717, 1.165) is 22.5 Å². The van der Waals surface area contributed by atoms with E-state index in [0.29, 0.717) is 5.56 Å². The zero-order valence-electron chi connectivity index (χ0n) is 13.4. The molecule has 0 unspecified atom stereocenters. The molecule has 3 rings (SSSR count). The van der Waals surface area contributed by atoms with Crippen molar-refractivity contribution in [1.29, 1.82) is 0 Å². The van der Waals surface area contributed by atoms with Gasteiger partial charge in [0.2, 0.25) is 0 Å². The van der Waals surface area contributed by atoms with E-state index in [-0.39, 0.29) is 12.5 Å². The van der Waals surface area contributed by atoms with Gasteiger partial charge in [0, 0.05) is 11.3 Å². The number of aryl methyl sites for hydroxylation is 1. The lowest BCUT2D eigenvalue weighted by Gasteiger charge is -2.07. The molecule has 0 aliphatic heterocycles. The fourth-order valence-electron chi connectivity index (χ4n) is 2.57. The van der Waals surface area contributed by atoms with Crippen molar-refractivity contribution in [2.24, 2.45) is 0 Å². The molecule has 0 bridgehead atoms. The fraction of sp³-hybridized carbons (Fsp3) is 0.167. The summed E-state index contributed by atoms with van der Waals surface area (Å²) in [5.41, 5.74) is 3.11. The quantitative estimate of drug-likeness (QED) is 0.747. The van der Waals surface area contributed by atoms with E-state index in [9.17, 15) is 9.59 Å². The summed E-state index contributed by atoms with van der Waals surface area (Å²) in [5, 5.41) is 2.52. The number of hydrogen-bond donors (Lipinski definition) is 1. The van der Waals surface area contributed by atoms with E-state index < -0.39 is 5.97 Å². The summed E-state index contributed by atoms with van der Waals surface area (Å²) >= 11 is 0. The highest BCUT2D eigenvalue weighted by atomic mass is 16.5. The van der Waals surface area contributed by atoms with Crippen molar-refractivity contribution in [1.82, 2.24) is 14.9 Å². The van der Waals surface area contributed by atoms with Gasteiger partial charge in [-0.15, -0.1) is 0 Å². The summed E-state index contributed by atoms with van der Waals surface area (Å²) in [4.78, 5) is 27.8. The molecule has 0 saturated carbocycles. The van der Waals surface area contributed by atoms with Gasteiger partial charge in [-0.1, -0.05) is 18.2 Å². The van der Waals surface area contributed by atoms with Crippen molar-refractivity contribution in [2.45, 2.75) is 6.92 Å². The number of nitrogens with zero attached hydrogens (tertiary/aromatic N) is 2. The Labute approximate surface area is 139 Å². The van der Waals surface area contributed by atoms with Crippen molar-refractivity contribution in [3.8, 4) is 5.69 Å². The number of methoxy groups -OCH3 is 1. The highest BCUT2D eigenvalue weighted by molar-refractivity contribution is 5.98. The van der Waals surface area contributed by atoms with Gasteiger partial charge in [-0.3, -0.25) is 14.2 Å². The summed E-state index contributed by atoms with van der Waals surface area (Å²) in [6, 6.07) is 15.2. The maximum absolute atomic E-state index is 12.1. The third-order valence-corrected chi connectivity index (χ3v) is 3.72. The number of rotatable bonds is 4. The van der Waals surface area contributed by atoms with Gasteiger partial charge in [-0.25, -0.2) is 4.98 Å². The minimum atomic E-state index is -0.492. The molecule has 1 heterocycles. The lowest BCUT2D eigenvalue weighted by molar-refractivity contribution is -0.139. The molecule has 1 N–H and O–H groups in total. The Balaban J connectivity index is 1.93. The molecule has 0 radical (unpaired) electrons. The number of nitrogens with one attached hydrogen (secondary N) is 1. The highest BCUT2D eigenvalue weighted by Crippen LogP contribution is 2.22. The predicted octanol–water partition coefficient (Wildman–Crippen LogP) is 2.24. The zero-order valence-corrected chi connectivity index (χ0v) is 13.4. The Bertz CT molecular complexity index is 901. The maximum Gasteiger partial charge on any atom is 0.325 e. The van der Waals surface area contributed by atoms with Gasteiger partial charge in [0.1, 0.15) is 12.4 Å². The van der Waals surface area contributed by atoms with E-state index >= 15 is 0 Å². The van der Waals surface area contributed by atoms with Gasteiger partial charge in [0.05, 0.1) is 18.1 Å². The molecule has 6 nitrogen and oxygen atoms in total. The highest BCUT2D eigenvalue weighted by Gasteiger charge is 2.13. The molecular weight excluding hydrogens is 306 g/mol. The van der Waals surface area contributed by atoms with Crippen LogP contribution in [0.25, 0.3) is 16.7 Å². The fourth-order valence-corrected chi connectivity index (χ4v) is 2.57. The number of para-hydroxylation sites is 1. The third kappa shape index (κ3) is 2.99. The topological polar surface area (TPSA) is 73.2 Å². The number of carbonyl (C=O) groups is 2. The first-order chi connectivity index (χ1) is 11.6. The van der Waals surface area contributed by atoms with Gasteiger partial charge >= 0.3 is 5.97 Å². The largest absolute Gasteiger partial charge is 0.468 e. The second-order valence-electron chi connectivity index (χ2n) is 5.29. The van der Waals surface area contributed by atoms with Crippen LogP contribution in [0.2, 0.25) is 0 Å². The summed E-state index contributed by atoms with van der Waals surface area (Å²) in [6.45, 7) is 1.76. The van der Waals surface area contributed by atoms with Crippen LogP contribution in [0.1, 0.15) is 16.2 Å². The van der Waals surface area contributed by atoms with Gasteiger partial charge in [0.25, 0.3) is 5.91 Å². The number of aromatic nitrogens is 2. The molecular formula is C18H17N3O3. The molecule has 0 aliphatic carbocycles. The molecule has 6 heteroatoms. The monoisotopic (exact) mass is 323 g/mol. The summed E-state index contributed by atoms with van der Waals surface area (Å²) in [5.74, 6) is 0.00570. The molecule has 2 aromatic carbocycles. The molecule has 0 aliphatic rings. The van der Waals surface area contributed by atoms with Crippen molar-refractivity contribution in [3.63, 3.8) is 0 Å². The minimum Gasteiger partial charge on any atom is -0.468 e. The van der Waals surface area contributed by atoms with Crippen molar-refractivity contribution in [3.05, 3.63) is 59.9 Å². The molecule has 24 heavy (non-hydrogen) atoms. The number of benzene rings is 2. The number of hydrogen-bond acceptors (Lipinski definition) is 4. The molecule has 0 saturated heterocycles. The van der Waals surface area contributed by atoms with Crippen molar-refractivity contribution in [2.75, 3.05) is 13.7 Å². The Kier molecular flexibility index (Phi) is 4.29. The SMILES string of the molecule is COC(=O)CNC(=O)c1ccc2c(c1)nc(C)n2-c1ccccc1. The number of fused-ring (bicyclic) bond motifs is 1. The standard InChI is InChI=1S/C18H17N3O3/c1-12-20-15-10-13(18(23)19-11-17(22)24-2)8-9-16(15)21(12)14-6-4-3-5-7-14/h3-10H,11H2,1-2H3,(H,19,23). The second kappa shape index (κ2) is 6.54. The van der Waals surface area contributed by atoms with Crippen LogP contribution >= 0.6 is 0 Å². The first kappa shape index (κ1) is 15.7. The predicted molar refractivity (Wildman–Crippen MR) is 90.2 cm³/mol. The van der Waals surface area contributed by atoms with E-state index in [1.807, 2.05) is 47.9 Å². The maximum atomic E-state index is 12.1. The number of carbonyl (C=O) groups excluding carboxylic acids is 2. The van der Waals surface area contributed by atoms with Crippen LogP contribution in [0.15, 0.2) is 48.5 Å². The number of amides is 1. The molecule has 0 spiro atoms. The number of ether oxygens (including phenoxy) is 1. The van der Waals surface area contributed by atoms with Gasteiger partial charge in [0.15, 0.2) is 0 Å². The van der Waals surface area contributed by atoms with Crippen LogP contribution in [0.4, 0.5) is 0 Å². The van der Waals surface area contributed by atoms with Gasteiger partial charge < -0.3 is 10.1 Å². The lowest BCUT2D eigenvalue weighted by Crippen LogP contribution is -2.30. The summed E-state index contributed by atoms with van der Waals surface area (Å²) < 4.78 is 6.54. The lowest BCUT2D eigenvalue weighted by atomic mass is 10.2. The average molecular weight is 323 g/mol. The van der Waals surface area contributed by atoms with Crippen LogP contribution in [0, 0.1) is 6.92 Å². The van der Waals surface area contributed by atoms with Crippen molar-refractivity contribution < 1.29 is 14.3 Å². The Hall–Kier alpha value is -3.15. The van der Waals surface area contributed by atoms with E-state index in [2.05, 4.69) is 15.0 Å². The van der Waals surface area contributed by atoms with Crippen LogP contribution in [-0.4, -0.2) is 35.1 Å². The van der Waals surface area contributed by atoms with Crippen LogP contribution < -0.4 is 5.32 Å². The van der Waals surface area contributed by atoms with Gasteiger partial charge in [-0.05, 0) is 37.3 Å². The minimum absolute atomic E-state index is 0.162. The second-order valence-corrected chi connectivity index (χ2v) is 5.29. The number of esters is 1. The van der Waals surface area contributed by atoms with E-state index in [1.54, 1.807) is 12.1 Å². The van der Waals surface area contributed by atoms with E-state index in [4.69, 9.17) is 0 Å². The molecule has 3 aromatic rings. The van der Waals surface area contributed by atoms with Gasteiger partial charge in [-0.2, -0.15) is 0 Å². The van der Waals surface area contributed by atoms with E-state index in [1.165, 1.54) is 7.11 Å². The molecule has 1 aromatic heterocycles. The smallest absolute Gasteiger partial charge is 0.325 e. The average Bonchev–Trinajstić information content (AvgIpc) is 2.94. The van der Waals surface area contributed by atoms with Crippen LogP contribution in [0.5, 0.6) is 0 Å². The Morgan fingerprint density at radius 2 is 1.92 bits per heavy atom. The zero-order chi connectivity index (χ0) is 17.1. The molecule has 1 amide bonds. The normalized spacial score (nSPS) is 10.6.